The van der Waals surface area contributed by atoms with E-state index in [1.165, 1.54) is 0 Å². The Morgan fingerprint density at radius 3 is 2.69 bits per heavy atom. The molecule has 0 amide bonds. The molecule has 0 radical (unpaired) electrons. The van der Waals surface area contributed by atoms with Crippen molar-refractivity contribution in [3.63, 3.8) is 0 Å². The first-order valence-corrected chi connectivity index (χ1v) is 12.4. The monoisotopic (exact) mass is 505 g/mol. The highest BCUT2D eigenvalue weighted by atomic mass is 35.5. The van der Waals surface area contributed by atoms with Crippen LogP contribution in [0.1, 0.15) is 18.5 Å². The van der Waals surface area contributed by atoms with E-state index in [2.05, 4.69) is 19.8 Å². The summed E-state index contributed by atoms with van der Waals surface area (Å²) < 4.78 is 27.5. The number of benzene rings is 1. The van der Waals surface area contributed by atoms with Gasteiger partial charge in [0.1, 0.15) is 12.1 Å². The van der Waals surface area contributed by atoms with Crippen LogP contribution >= 0.6 is 11.6 Å². The summed E-state index contributed by atoms with van der Waals surface area (Å²) in [7, 11) is 1.88. The maximum absolute atomic E-state index is 11.6. The van der Waals surface area contributed by atoms with E-state index in [0.717, 1.165) is 27.7 Å². The zero-order valence-corrected chi connectivity index (χ0v) is 20.2. The van der Waals surface area contributed by atoms with E-state index in [4.69, 9.17) is 16.6 Å². The molecule has 0 bridgehead atoms. The van der Waals surface area contributed by atoms with Gasteiger partial charge < -0.3 is 0 Å². The molecule has 1 aliphatic rings. The smallest absolute Gasteiger partial charge is 0.232 e. The second-order valence-electron chi connectivity index (χ2n) is 8.59. The molecule has 0 aliphatic heterocycles. The maximum atomic E-state index is 11.6. The molecule has 6 rings (SSSR count). The quantitative estimate of drug-likeness (QED) is 0.334. The maximum Gasteiger partial charge on any atom is 0.232 e. The van der Waals surface area contributed by atoms with Crippen LogP contribution in [0.2, 0.25) is 5.02 Å². The van der Waals surface area contributed by atoms with Gasteiger partial charge in [-0.2, -0.15) is 5.10 Å². The molecule has 4 heterocycles. The third kappa shape index (κ3) is 4.04. The van der Waals surface area contributed by atoms with Crippen molar-refractivity contribution in [3.05, 3.63) is 78.1 Å². The number of hydrogen-bond acceptors (Lipinski definition) is 5. The number of nitrogens with zero attached hydrogens (tertiary/aromatic N) is 6. The summed E-state index contributed by atoms with van der Waals surface area (Å²) in [6.07, 6.45) is 8.58. The first-order chi connectivity index (χ1) is 16.9. The molecule has 4 aromatic heterocycles. The van der Waals surface area contributed by atoms with Crippen molar-refractivity contribution in [2.45, 2.75) is 18.4 Å². The summed E-state index contributed by atoms with van der Waals surface area (Å²) in [6, 6.07) is 13.4. The lowest BCUT2D eigenvalue weighted by Crippen LogP contribution is -2.31. The third-order valence-electron chi connectivity index (χ3n) is 6.20. The Morgan fingerprint density at radius 1 is 1.11 bits per heavy atom. The summed E-state index contributed by atoms with van der Waals surface area (Å²) in [5.74, 6) is 0.618. The fourth-order valence-electron chi connectivity index (χ4n) is 4.27. The SMILES string of the molecule is Cn1cc(-c2ccc3c(c2)ncn3-c2cc(-c3ncccc3Cl)cc(C3(NS(=O)O)CC3)n2)cn1. The minimum absolute atomic E-state index is 0.510. The normalized spacial score (nSPS) is 15.4. The molecule has 1 aromatic carbocycles. The van der Waals surface area contributed by atoms with Crippen LogP contribution < -0.4 is 4.72 Å². The van der Waals surface area contributed by atoms with Crippen LogP contribution in [0.4, 0.5) is 0 Å². The fraction of sp³-hybridized carbons (Fsp3) is 0.167. The van der Waals surface area contributed by atoms with Gasteiger partial charge >= 0.3 is 0 Å². The Balaban J connectivity index is 1.50. The minimum atomic E-state index is -2.17. The van der Waals surface area contributed by atoms with E-state index < -0.39 is 16.8 Å². The van der Waals surface area contributed by atoms with Gasteiger partial charge in [-0.1, -0.05) is 17.7 Å². The molecule has 0 saturated heterocycles. The summed E-state index contributed by atoms with van der Waals surface area (Å²) in [4.78, 5) is 14.0. The number of hydrogen-bond donors (Lipinski definition) is 2. The van der Waals surface area contributed by atoms with Crippen molar-refractivity contribution in [3.8, 4) is 28.2 Å². The van der Waals surface area contributed by atoms with Gasteiger partial charge in [-0.3, -0.25) is 18.8 Å². The molecular formula is C24H20ClN7O2S. The Hall–Kier alpha value is -3.44. The number of halogens is 1. The highest BCUT2D eigenvalue weighted by Gasteiger charge is 2.47. The van der Waals surface area contributed by atoms with Gasteiger partial charge in [-0.15, -0.1) is 0 Å². The zero-order chi connectivity index (χ0) is 24.2. The molecule has 35 heavy (non-hydrogen) atoms. The molecule has 9 nitrogen and oxygen atoms in total. The zero-order valence-electron chi connectivity index (χ0n) is 18.6. The number of aryl methyl sites for hydroxylation is 1. The number of aromatic nitrogens is 6. The average Bonchev–Trinajstić information content (AvgIpc) is 3.29. The Bertz CT molecular complexity index is 1610. The Morgan fingerprint density at radius 2 is 1.97 bits per heavy atom. The summed E-state index contributed by atoms with van der Waals surface area (Å²) >= 11 is 4.29. The summed E-state index contributed by atoms with van der Waals surface area (Å²) in [5, 5.41) is 4.76. The van der Waals surface area contributed by atoms with Gasteiger partial charge in [0, 0.05) is 30.6 Å². The van der Waals surface area contributed by atoms with E-state index in [9.17, 15) is 8.76 Å². The molecule has 0 spiro atoms. The molecule has 1 saturated carbocycles. The summed E-state index contributed by atoms with van der Waals surface area (Å²) in [6.45, 7) is 0. The molecule has 176 valence electrons. The van der Waals surface area contributed by atoms with E-state index >= 15 is 0 Å². The van der Waals surface area contributed by atoms with Crippen LogP contribution in [0.3, 0.4) is 0 Å². The van der Waals surface area contributed by atoms with Crippen molar-refractivity contribution in [2.75, 3.05) is 0 Å². The van der Waals surface area contributed by atoms with Gasteiger partial charge in [0.05, 0.1) is 39.2 Å². The molecular weight excluding hydrogens is 486 g/mol. The highest BCUT2D eigenvalue weighted by molar-refractivity contribution is 7.77. The topological polar surface area (TPSA) is 111 Å². The predicted molar refractivity (Wildman–Crippen MR) is 134 cm³/mol. The van der Waals surface area contributed by atoms with Crippen LogP contribution in [-0.2, 0) is 23.9 Å². The third-order valence-corrected chi connectivity index (χ3v) is 7.07. The number of nitrogens with one attached hydrogen (secondary N) is 1. The van der Waals surface area contributed by atoms with Gasteiger partial charge in [-0.25, -0.2) is 18.9 Å². The van der Waals surface area contributed by atoms with Gasteiger partial charge in [0.25, 0.3) is 0 Å². The van der Waals surface area contributed by atoms with Crippen molar-refractivity contribution in [1.82, 2.24) is 34.0 Å². The van der Waals surface area contributed by atoms with Crippen molar-refractivity contribution >= 4 is 33.9 Å². The van der Waals surface area contributed by atoms with Gasteiger partial charge in [0.2, 0.25) is 11.3 Å². The van der Waals surface area contributed by atoms with E-state index in [0.29, 0.717) is 35.1 Å². The largest absolute Gasteiger partial charge is 0.294 e. The molecule has 5 aromatic rings. The van der Waals surface area contributed by atoms with Crippen LogP contribution in [0.5, 0.6) is 0 Å². The van der Waals surface area contributed by atoms with Crippen molar-refractivity contribution < 1.29 is 8.76 Å². The van der Waals surface area contributed by atoms with Crippen LogP contribution in [0.25, 0.3) is 39.2 Å². The lowest BCUT2D eigenvalue weighted by Gasteiger charge is -2.17. The highest BCUT2D eigenvalue weighted by Crippen LogP contribution is 2.46. The molecule has 1 aliphatic carbocycles. The lowest BCUT2D eigenvalue weighted by atomic mass is 10.1. The second kappa shape index (κ2) is 8.35. The first-order valence-electron chi connectivity index (χ1n) is 10.9. The van der Waals surface area contributed by atoms with E-state index in [1.807, 2.05) is 54.3 Å². The van der Waals surface area contributed by atoms with Crippen LogP contribution in [-0.4, -0.2) is 38.1 Å². The lowest BCUT2D eigenvalue weighted by molar-refractivity contribution is 0.518. The molecule has 1 fully saturated rings. The minimum Gasteiger partial charge on any atom is -0.294 e. The molecule has 2 N–H and O–H groups in total. The molecule has 1 unspecified atom stereocenters. The summed E-state index contributed by atoms with van der Waals surface area (Å²) in [5.41, 5.74) is 5.08. The standard InChI is InChI=1S/C24H20ClN7O2S/c1-31-13-17(12-28-31)15-4-5-20-19(9-15)27-14-32(20)22-11-16(23-18(25)3-2-8-26-23)10-21(29-22)24(6-7-24)30-35(33)34/h2-5,8-14,30H,6-7H2,1H3,(H,33,34). The van der Waals surface area contributed by atoms with E-state index in [1.54, 1.807) is 29.3 Å². The number of rotatable bonds is 6. The Labute approximate surface area is 208 Å². The van der Waals surface area contributed by atoms with Crippen LogP contribution in [0.15, 0.2) is 67.4 Å². The predicted octanol–water partition coefficient (Wildman–Crippen LogP) is 4.25. The van der Waals surface area contributed by atoms with Crippen molar-refractivity contribution in [1.29, 1.82) is 0 Å². The second-order valence-corrected chi connectivity index (χ2v) is 9.70. The number of pyridine rings is 2. The van der Waals surface area contributed by atoms with Crippen molar-refractivity contribution in [2.24, 2.45) is 7.05 Å². The molecule has 1 atom stereocenters. The molecule has 11 heteroatoms. The van der Waals surface area contributed by atoms with E-state index in [-0.39, 0.29) is 0 Å². The number of imidazole rings is 1. The van der Waals surface area contributed by atoms with Gasteiger partial charge in [-0.05, 0) is 54.8 Å². The fourth-order valence-corrected chi connectivity index (χ4v) is 5.14. The first kappa shape index (κ1) is 22.1. The number of fused-ring (bicyclic) bond motifs is 1. The van der Waals surface area contributed by atoms with Gasteiger partial charge in [0.15, 0.2) is 0 Å². The average molecular weight is 506 g/mol. The Kier molecular flexibility index (Phi) is 5.26. The van der Waals surface area contributed by atoms with Crippen LogP contribution in [0, 0.1) is 0 Å².